The second-order valence-corrected chi connectivity index (χ2v) is 4.39. The van der Waals surface area contributed by atoms with Crippen molar-refractivity contribution < 1.29 is 0 Å². The van der Waals surface area contributed by atoms with Gasteiger partial charge in [0.1, 0.15) is 5.15 Å². The number of fused-ring (bicyclic) bond motifs is 1. The van der Waals surface area contributed by atoms with Gasteiger partial charge in [-0.15, -0.1) is 11.8 Å². The fraction of sp³-hybridized carbons (Fsp3) is 0.182. The van der Waals surface area contributed by atoms with Crippen LogP contribution in [0.2, 0.25) is 5.15 Å². The van der Waals surface area contributed by atoms with E-state index in [4.69, 9.17) is 11.6 Å². The summed E-state index contributed by atoms with van der Waals surface area (Å²) in [5.41, 5.74) is 1.98. The largest absolute Gasteiger partial charge is 0.236 e. The molecule has 0 aliphatic rings. The van der Waals surface area contributed by atoms with Gasteiger partial charge in [-0.3, -0.25) is 0 Å². The Bertz CT molecular complexity index is 482. The molecule has 0 saturated carbocycles. The van der Waals surface area contributed by atoms with E-state index in [0.29, 0.717) is 5.15 Å². The van der Waals surface area contributed by atoms with Gasteiger partial charge in [0, 0.05) is 10.3 Å². The molecule has 1 nitrogen and oxygen atoms in total. The average molecular weight is 224 g/mol. The second-order valence-electron chi connectivity index (χ2n) is 3.15. The van der Waals surface area contributed by atoms with E-state index in [2.05, 4.69) is 29.4 Å². The molecule has 1 heterocycles. The minimum atomic E-state index is 0.592. The molecule has 0 saturated heterocycles. The molecule has 2 rings (SSSR count). The number of nitrogens with zero attached hydrogens (tertiary/aromatic N) is 1. The smallest absolute Gasteiger partial charge is 0.132 e. The van der Waals surface area contributed by atoms with Crippen molar-refractivity contribution in [3.8, 4) is 0 Å². The normalized spacial score (nSPS) is 10.8. The van der Waals surface area contributed by atoms with Crippen molar-refractivity contribution in [2.75, 3.05) is 6.26 Å². The molecule has 0 unspecified atom stereocenters. The summed E-state index contributed by atoms with van der Waals surface area (Å²) in [5.74, 6) is 0. The third-order valence-corrected chi connectivity index (χ3v) is 3.26. The predicted molar refractivity (Wildman–Crippen MR) is 63.3 cm³/mol. The average Bonchev–Trinajstić information content (AvgIpc) is 2.19. The Balaban J connectivity index is 2.70. The Morgan fingerprint density at radius 1 is 1.29 bits per heavy atom. The van der Waals surface area contributed by atoms with Gasteiger partial charge in [0.15, 0.2) is 0 Å². The minimum Gasteiger partial charge on any atom is -0.236 e. The highest BCUT2D eigenvalue weighted by atomic mass is 35.5. The van der Waals surface area contributed by atoms with Gasteiger partial charge in [0.05, 0.1) is 5.52 Å². The molecule has 0 aliphatic heterocycles. The van der Waals surface area contributed by atoms with Crippen LogP contribution in [-0.4, -0.2) is 11.2 Å². The molecule has 72 valence electrons. The molecule has 0 N–H and O–H groups in total. The lowest BCUT2D eigenvalue weighted by atomic mass is 10.2. The fourth-order valence-electron chi connectivity index (χ4n) is 1.36. The molecular weight excluding hydrogens is 214 g/mol. The molecule has 0 aliphatic carbocycles. The number of aromatic nitrogens is 1. The number of rotatable bonds is 1. The van der Waals surface area contributed by atoms with Gasteiger partial charge in [-0.1, -0.05) is 11.6 Å². The van der Waals surface area contributed by atoms with Gasteiger partial charge < -0.3 is 0 Å². The maximum atomic E-state index is 5.94. The summed E-state index contributed by atoms with van der Waals surface area (Å²) in [6.07, 6.45) is 2.07. The number of benzene rings is 1. The monoisotopic (exact) mass is 223 g/mol. The summed E-state index contributed by atoms with van der Waals surface area (Å²) in [4.78, 5) is 5.56. The number of halogens is 1. The van der Waals surface area contributed by atoms with Crippen molar-refractivity contribution >= 4 is 34.3 Å². The number of hydrogen-bond donors (Lipinski definition) is 0. The maximum absolute atomic E-state index is 5.94. The molecular formula is C11H10ClNS. The molecule has 0 spiro atoms. The molecule has 2 aromatic rings. The van der Waals surface area contributed by atoms with E-state index >= 15 is 0 Å². The molecule has 0 fully saturated rings. The minimum absolute atomic E-state index is 0.592. The highest BCUT2D eigenvalue weighted by Crippen LogP contribution is 2.24. The first-order valence-electron chi connectivity index (χ1n) is 4.31. The van der Waals surface area contributed by atoms with Gasteiger partial charge in [0.2, 0.25) is 0 Å². The summed E-state index contributed by atoms with van der Waals surface area (Å²) in [6, 6.07) is 8.28. The van der Waals surface area contributed by atoms with Gasteiger partial charge in [-0.25, -0.2) is 4.98 Å². The third-order valence-electron chi connectivity index (χ3n) is 2.15. The summed E-state index contributed by atoms with van der Waals surface area (Å²) in [6.45, 7) is 1.97. The number of aryl methyl sites for hydroxylation is 1. The van der Waals surface area contributed by atoms with Gasteiger partial charge in [0.25, 0.3) is 0 Å². The quantitative estimate of drug-likeness (QED) is 0.537. The highest BCUT2D eigenvalue weighted by molar-refractivity contribution is 7.98. The van der Waals surface area contributed by atoms with E-state index in [1.165, 1.54) is 4.90 Å². The second kappa shape index (κ2) is 3.79. The number of thioether (sulfide) groups is 1. The number of pyridine rings is 1. The van der Waals surface area contributed by atoms with Gasteiger partial charge in [-0.2, -0.15) is 0 Å². The maximum Gasteiger partial charge on any atom is 0.132 e. The van der Waals surface area contributed by atoms with Crippen LogP contribution >= 0.6 is 23.4 Å². The van der Waals surface area contributed by atoms with E-state index < -0.39 is 0 Å². The standard InChI is InChI=1S/C11H10ClNS/c1-7-5-8-6-9(14-2)3-4-10(8)13-11(7)12/h3-6H,1-2H3. The topological polar surface area (TPSA) is 12.9 Å². The highest BCUT2D eigenvalue weighted by Gasteiger charge is 2.01. The van der Waals surface area contributed by atoms with Crippen LogP contribution in [-0.2, 0) is 0 Å². The van der Waals surface area contributed by atoms with E-state index in [-0.39, 0.29) is 0 Å². The van der Waals surface area contributed by atoms with Crippen LogP contribution in [0.4, 0.5) is 0 Å². The van der Waals surface area contributed by atoms with Crippen molar-refractivity contribution in [2.45, 2.75) is 11.8 Å². The molecule has 3 heteroatoms. The number of hydrogen-bond acceptors (Lipinski definition) is 2. The summed E-state index contributed by atoms with van der Waals surface area (Å²) < 4.78 is 0. The fourth-order valence-corrected chi connectivity index (χ4v) is 1.96. The Labute approximate surface area is 92.5 Å². The predicted octanol–water partition coefficient (Wildman–Crippen LogP) is 3.92. The van der Waals surface area contributed by atoms with Crippen molar-refractivity contribution in [3.63, 3.8) is 0 Å². The first-order valence-corrected chi connectivity index (χ1v) is 5.92. The molecule has 1 aromatic carbocycles. The molecule has 0 amide bonds. The van der Waals surface area contributed by atoms with E-state index in [1.807, 2.05) is 13.0 Å². The van der Waals surface area contributed by atoms with Crippen LogP contribution in [0.15, 0.2) is 29.2 Å². The molecule has 0 radical (unpaired) electrons. The Kier molecular flexibility index (Phi) is 2.66. The van der Waals surface area contributed by atoms with E-state index in [0.717, 1.165) is 16.5 Å². The molecule has 14 heavy (non-hydrogen) atoms. The van der Waals surface area contributed by atoms with Gasteiger partial charge >= 0.3 is 0 Å². The van der Waals surface area contributed by atoms with Crippen LogP contribution in [0.25, 0.3) is 10.9 Å². The summed E-state index contributed by atoms with van der Waals surface area (Å²) >= 11 is 7.68. The van der Waals surface area contributed by atoms with Crippen LogP contribution in [0.3, 0.4) is 0 Å². The lowest BCUT2D eigenvalue weighted by Crippen LogP contribution is -1.84. The SMILES string of the molecule is CSc1ccc2nc(Cl)c(C)cc2c1. The van der Waals surface area contributed by atoms with Crippen molar-refractivity contribution in [3.05, 3.63) is 35.0 Å². The third kappa shape index (κ3) is 1.72. The van der Waals surface area contributed by atoms with Crippen molar-refractivity contribution in [1.82, 2.24) is 4.98 Å². The van der Waals surface area contributed by atoms with Crippen LogP contribution in [0.5, 0.6) is 0 Å². The lowest BCUT2D eigenvalue weighted by molar-refractivity contribution is 1.32. The zero-order valence-electron chi connectivity index (χ0n) is 8.04. The first-order chi connectivity index (χ1) is 6.70. The van der Waals surface area contributed by atoms with E-state index in [1.54, 1.807) is 11.8 Å². The Hall–Kier alpha value is -0.730. The zero-order chi connectivity index (χ0) is 10.1. The van der Waals surface area contributed by atoms with Gasteiger partial charge in [-0.05, 0) is 43.0 Å². The van der Waals surface area contributed by atoms with Crippen LogP contribution in [0.1, 0.15) is 5.56 Å². The zero-order valence-corrected chi connectivity index (χ0v) is 9.62. The van der Waals surface area contributed by atoms with Crippen molar-refractivity contribution in [2.24, 2.45) is 0 Å². The van der Waals surface area contributed by atoms with Crippen LogP contribution in [0, 0.1) is 6.92 Å². The van der Waals surface area contributed by atoms with Crippen LogP contribution < -0.4 is 0 Å². The Morgan fingerprint density at radius 3 is 2.79 bits per heavy atom. The summed E-state index contributed by atoms with van der Waals surface area (Å²) in [7, 11) is 0. The summed E-state index contributed by atoms with van der Waals surface area (Å²) in [5, 5.41) is 1.74. The van der Waals surface area contributed by atoms with Crippen molar-refractivity contribution in [1.29, 1.82) is 0 Å². The molecule has 0 atom stereocenters. The first kappa shape index (κ1) is 9.81. The van der Waals surface area contributed by atoms with E-state index in [9.17, 15) is 0 Å². The Morgan fingerprint density at radius 2 is 2.07 bits per heavy atom. The lowest BCUT2D eigenvalue weighted by Gasteiger charge is -2.03. The molecule has 1 aromatic heterocycles. The molecule has 0 bridgehead atoms.